The number of thiazole rings is 1. The fourth-order valence-corrected chi connectivity index (χ4v) is 4.87. The first-order valence-corrected chi connectivity index (χ1v) is 11.2. The maximum absolute atomic E-state index is 13.0. The number of benzene rings is 2. The molecule has 0 spiro atoms. The second-order valence-electron chi connectivity index (χ2n) is 6.67. The van der Waals surface area contributed by atoms with Crippen LogP contribution in [0.2, 0.25) is 0 Å². The molecule has 0 aliphatic carbocycles. The Morgan fingerprint density at radius 2 is 2.21 bits per heavy atom. The predicted molar refractivity (Wildman–Crippen MR) is 116 cm³/mol. The number of nitrogens with one attached hydrogen (secondary N) is 1. The summed E-state index contributed by atoms with van der Waals surface area (Å²) in [6.07, 6.45) is 3.93. The van der Waals surface area contributed by atoms with Crippen molar-refractivity contribution < 1.29 is 13.9 Å². The summed E-state index contributed by atoms with van der Waals surface area (Å²) in [5, 5.41) is 2.92. The number of ether oxygens (including phenoxy) is 1. The molecule has 1 fully saturated rings. The SMILES string of the molecule is O=C(CSc1nc2ccc(N=Cc3ccc(F)cc3)cc2s1)NCC1CCCO1. The Bertz CT molecular complexity index is 1010. The highest BCUT2D eigenvalue weighted by atomic mass is 32.2. The third-order valence-corrected chi connectivity index (χ3v) is 6.62. The Labute approximate surface area is 176 Å². The van der Waals surface area contributed by atoms with Gasteiger partial charge in [-0.3, -0.25) is 9.79 Å². The van der Waals surface area contributed by atoms with Crippen LogP contribution in [0.25, 0.3) is 10.2 Å². The number of carbonyl (C=O) groups excluding carboxylic acids is 1. The van der Waals surface area contributed by atoms with E-state index in [4.69, 9.17) is 4.74 Å². The number of thioether (sulfide) groups is 1. The quantitative estimate of drug-likeness (QED) is 0.441. The fraction of sp³-hybridized carbons (Fsp3) is 0.286. The lowest BCUT2D eigenvalue weighted by Crippen LogP contribution is -2.32. The topological polar surface area (TPSA) is 63.6 Å². The van der Waals surface area contributed by atoms with Crippen molar-refractivity contribution in [3.63, 3.8) is 0 Å². The minimum Gasteiger partial charge on any atom is -0.376 e. The minimum atomic E-state index is -0.265. The van der Waals surface area contributed by atoms with Gasteiger partial charge in [0.2, 0.25) is 5.91 Å². The zero-order chi connectivity index (χ0) is 20.1. The van der Waals surface area contributed by atoms with E-state index in [-0.39, 0.29) is 17.8 Å². The van der Waals surface area contributed by atoms with E-state index in [1.54, 1.807) is 29.7 Å². The van der Waals surface area contributed by atoms with Gasteiger partial charge in [0.15, 0.2) is 4.34 Å². The Hall–Kier alpha value is -2.29. The van der Waals surface area contributed by atoms with Gasteiger partial charge in [0.1, 0.15) is 5.82 Å². The van der Waals surface area contributed by atoms with Gasteiger partial charge in [0, 0.05) is 19.4 Å². The van der Waals surface area contributed by atoms with Crippen molar-refractivity contribution in [1.82, 2.24) is 10.3 Å². The molecule has 4 rings (SSSR count). The van der Waals surface area contributed by atoms with Crippen molar-refractivity contribution >= 4 is 51.1 Å². The number of fused-ring (bicyclic) bond motifs is 1. The molecular formula is C21H20FN3O2S2. The molecule has 150 valence electrons. The highest BCUT2D eigenvalue weighted by Crippen LogP contribution is 2.31. The van der Waals surface area contributed by atoms with Crippen LogP contribution >= 0.6 is 23.1 Å². The van der Waals surface area contributed by atoms with E-state index in [1.165, 1.54) is 23.9 Å². The van der Waals surface area contributed by atoms with Crippen LogP contribution in [-0.4, -0.2) is 42.1 Å². The van der Waals surface area contributed by atoms with E-state index >= 15 is 0 Å². The first-order chi connectivity index (χ1) is 14.2. The molecule has 29 heavy (non-hydrogen) atoms. The summed E-state index contributed by atoms with van der Waals surface area (Å²) in [6.45, 7) is 1.37. The molecule has 0 radical (unpaired) electrons. The monoisotopic (exact) mass is 429 g/mol. The van der Waals surface area contributed by atoms with Crippen molar-refractivity contribution in [3.05, 3.63) is 53.8 Å². The van der Waals surface area contributed by atoms with Crippen molar-refractivity contribution in [1.29, 1.82) is 0 Å². The number of aromatic nitrogens is 1. The highest BCUT2D eigenvalue weighted by molar-refractivity contribution is 8.01. The molecule has 1 aliphatic rings. The maximum atomic E-state index is 13.0. The van der Waals surface area contributed by atoms with E-state index in [2.05, 4.69) is 15.3 Å². The molecule has 5 nitrogen and oxygen atoms in total. The van der Waals surface area contributed by atoms with Gasteiger partial charge in [-0.1, -0.05) is 23.9 Å². The minimum absolute atomic E-state index is 0.00524. The molecular weight excluding hydrogens is 409 g/mol. The van der Waals surface area contributed by atoms with Gasteiger partial charge in [0.25, 0.3) is 0 Å². The lowest BCUT2D eigenvalue weighted by molar-refractivity contribution is -0.119. The van der Waals surface area contributed by atoms with Gasteiger partial charge in [0.05, 0.1) is 27.8 Å². The zero-order valence-electron chi connectivity index (χ0n) is 15.6. The molecule has 2 aromatic carbocycles. The first-order valence-electron chi connectivity index (χ1n) is 9.37. The number of amides is 1. The lowest BCUT2D eigenvalue weighted by Gasteiger charge is -2.09. The van der Waals surface area contributed by atoms with Crippen LogP contribution in [0.1, 0.15) is 18.4 Å². The Balaban J connectivity index is 1.34. The molecule has 8 heteroatoms. The van der Waals surface area contributed by atoms with Gasteiger partial charge in [-0.25, -0.2) is 9.37 Å². The van der Waals surface area contributed by atoms with Crippen LogP contribution in [0, 0.1) is 5.82 Å². The summed E-state index contributed by atoms with van der Waals surface area (Å²) in [7, 11) is 0. The molecule has 1 amide bonds. The Morgan fingerprint density at radius 1 is 1.34 bits per heavy atom. The molecule has 1 aliphatic heterocycles. The van der Waals surface area contributed by atoms with Crippen LogP contribution in [0.5, 0.6) is 0 Å². The number of carbonyl (C=O) groups is 1. The van der Waals surface area contributed by atoms with Crippen molar-refractivity contribution in [3.8, 4) is 0 Å². The molecule has 0 saturated carbocycles. The standard InChI is InChI=1S/C21H20FN3O2S2/c22-15-5-3-14(4-6-15)11-23-16-7-8-18-19(10-16)29-21(25-18)28-13-20(26)24-12-17-2-1-9-27-17/h3-8,10-11,17H,1-2,9,12-13H2,(H,24,26). The van der Waals surface area contributed by atoms with Crippen LogP contribution in [0.15, 0.2) is 51.8 Å². The van der Waals surface area contributed by atoms with E-state index in [0.717, 1.165) is 45.3 Å². The second kappa shape index (κ2) is 9.47. The van der Waals surface area contributed by atoms with Gasteiger partial charge in [-0.2, -0.15) is 0 Å². The van der Waals surface area contributed by atoms with E-state index < -0.39 is 0 Å². The number of hydrogen-bond acceptors (Lipinski definition) is 6. The van der Waals surface area contributed by atoms with Gasteiger partial charge >= 0.3 is 0 Å². The summed E-state index contributed by atoms with van der Waals surface area (Å²) < 4.78 is 20.3. The van der Waals surface area contributed by atoms with Crippen molar-refractivity contribution in [2.45, 2.75) is 23.3 Å². The maximum Gasteiger partial charge on any atom is 0.230 e. The van der Waals surface area contributed by atoms with Crippen molar-refractivity contribution in [2.24, 2.45) is 4.99 Å². The summed E-state index contributed by atoms with van der Waals surface area (Å²) in [4.78, 5) is 21.1. The number of rotatable bonds is 7. The molecule has 1 N–H and O–H groups in total. The third kappa shape index (κ3) is 5.62. The normalized spacial score (nSPS) is 16.7. The largest absolute Gasteiger partial charge is 0.376 e. The Kier molecular flexibility index (Phi) is 6.53. The molecule has 0 bridgehead atoms. The van der Waals surface area contributed by atoms with Crippen LogP contribution in [-0.2, 0) is 9.53 Å². The summed E-state index contributed by atoms with van der Waals surface area (Å²) >= 11 is 2.98. The first kappa shape index (κ1) is 20.0. The number of nitrogens with zero attached hydrogens (tertiary/aromatic N) is 2. The molecule has 1 aromatic heterocycles. The lowest BCUT2D eigenvalue weighted by atomic mass is 10.2. The average molecular weight is 430 g/mol. The highest BCUT2D eigenvalue weighted by Gasteiger charge is 2.16. The van der Waals surface area contributed by atoms with Crippen LogP contribution < -0.4 is 5.32 Å². The molecule has 3 aromatic rings. The van der Waals surface area contributed by atoms with E-state index in [9.17, 15) is 9.18 Å². The number of hydrogen-bond donors (Lipinski definition) is 1. The van der Waals surface area contributed by atoms with Crippen molar-refractivity contribution in [2.75, 3.05) is 18.9 Å². The molecule has 2 heterocycles. The van der Waals surface area contributed by atoms with E-state index in [1.807, 2.05) is 18.2 Å². The zero-order valence-corrected chi connectivity index (χ0v) is 17.3. The average Bonchev–Trinajstić information content (AvgIpc) is 3.39. The second-order valence-corrected chi connectivity index (χ2v) is 8.92. The van der Waals surface area contributed by atoms with Gasteiger partial charge < -0.3 is 10.1 Å². The number of aliphatic imine (C=N–C) groups is 1. The molecule has 1 atom stereocenters. The van der Waals surface area contributed by atoms with E-state index in [0.29, 0.717) is 12.3 Å². The number of halogens is 1. The van der Waals surface area contributed by atoms with Gasteiger partial charge in [-0.05, 0) is 48.7 Å². The third-order valence-electron chi connectivity index (χ3n) is 4.46. The predicted octanol–water partition coefficient (Wildman–Crippen LogP) is 4.57. The summed E-state index contributed by atoms with van der Waals surface area (Å²) in [5.74, 6) is 0.0652. The molecule has 1 unspecified atom stereocenters. The summed E-state index contributed by atoms with van der Waals surface area (Å²) in [5.41, 5.74) is 2.52. The fourth-order valence-electron chi connectivity index (χ4n) is 2.94. The van der Waals surface area contributed by atoms with Gasteiger partial charge in [-0.15, -0.1) is 11.3 Å². The van der Waals surface area contributed by atoms with Crippen LogP contribution in [0.4, 0.5) is 10.1 Å². The molecule has 1 saturated heterocycles. The summed E-state index contributed by atoms with van der Waals surface area (Å²) in [6, 6.07) is 12.0. The smallest absolute Gasteiger partial charge is 0.230 e. The Morgan fingerprint density at radius 3 is 3.00 bits per heavy atom. The van der Waals surface area contributed by atoms with Crippen LogP contribution in [0.3, 0.4) is 0 Å².